The van der Waals surface area contributed by atoms with Crippen molar-refractivity contribution in [1.29, 1.82) is 0 Å². The van der Waals surface area contributed by atoms with Crippen LogP contribution in [0.1, 0.15) is 5.56 Å². The number of aromatic hydroxyl groups is 1. The number of aromatic amines is 2. The fourth-order valence-electron chi connectivity index (χ4n) is 4.55. The van der Waals surface area contributed by atoms with Gasteiger partial charge in [0.15, 0.2) is 0 Å². The Morgan fingerprint density at radius 2 is 1.78 bits per heavy atom. The number of nitrogens with one attached hydrogen (secondary N) is 2. The van der Waals surface area contributed by atoms with Crippen molar-refractivity contribution in [3.05, 3.63) is 78.4 Å². The molecule has 36 heavy (non-hydrogen) atoms. The number of hydrogen-bond acceptors (Lipinski definition) is 5. The van der Waals surface area contributed by atoms with Crippen LogP contribution in [0, 0.1) is 12.7 Å². The number of halogens is 1. The number of hydrogen-bond donors (Lipinski definition) is 3. The van der Waals surface area contributed by atoms with Gasteiger partial charge in [-0.1, -0.05) is 0 Å². The van der Waals surface area contributed by atoms with Crippen molar-refractivity contribution in [2.24, 2.45) is 0 Å². The second-order valence-corrected chi connectivity index (χ2v) is 9.15. The Hall–Kier alpha value is -4.72. The van der Waals surface area contributed by atoms with Gasteiger partial charge in [0.25, 0.3) is 0 Å². The molecule has 4 aromatic heterocycles. The maximum Gasteiger partial charge on any atom is 0.135 e. The van der Waals surface area contributed by atoms with E-state index in [1.54, 1.807) is 12.4 Å². The van der Waals surface area contributed by atoms with Crippen LogP contribution in [0.4, 0.5) is 10.1 Å². The molecule has 2 aromatic carbocycles. The summed E-state index contributed by atoms with van der Waals surface area (Å²) in [7, 11) is 4.04. The van der Waals surface area contributed by atoms with Gasteiger partial charge in [-0.15, -0.1) is 0 Å². The van der Waals surface area contributed by atoms with E-state index in [0.717, 1.165) is 56.2 Å². The summed E-state index contributed by atoms with van der Waals surface area (Å²) in [5, 5.41) is 18.3. The standard InChI is InChI=1S/C28H23FN6O/c1-15-6-17(9-19(7-15)35(2)3)23-4-5-24-27(32-23)28(34-33-24)25-12-21-22(13-30-14-26(21)31-25)16-8-18(29)11-20(36)10-16/h4-14,31,36H,1-3H3,(H,33,34). The number of H-pyrrole nitrogens is 2. The fourth-order valence-corrected chi connectivity index (χ4v) is 4.55. The van der Waals surface area contributed by atoms with Gasteiger partial charge in [0.1, 0.15) is 22.8 Å². The summed E-state index contributed by atoms with van der Waals surface area (Å²) in [5.74, 6) is -0.650. The monoisotopic (exact) mass is 478 g/mol. The van der Waals surface area contributed by atoms with Crippen molar-refractivity contribution in [1.82, 2.24) is 25.1 Å². The van der Waals surface area contributed by atoms with Gasteiger partial charge >= 0.3 is 0 Å². The minimum Gasteiger partial charge on any atom is -0.508 e. The molecule has 0 amide bonds. The quantitative estimate of drug-likeness (QED) is 0.287. The average molecular weight is 479 g/mol. The van der Waals surface area contributed by atoms with Gasteiger partial charge in [-0.25, -0.2) is 9.37 Å². The molecule has 3 N–H and O–H groups in total. The number of aromatic nitrogens is 5. The van der Waals surface area contributed by atoms with Gasteiger partial charge < -0.3 is 15.0 Å². The van der Waals surface area contributed by atoms with E-state index in [4.69, 9.17) is 4.98 Å². The number of anilines is 1. The van der Waals surface area contributed by atoms with Gasteiger partial charge in [-0.05, 0) is 66.6 Å². The lowest BCUT2D eigenvalue weighted by Crippen LogP contribution is -2.08. The molecule has 0 aliphatic rings. The topological polar surface area (TPSA) is 93.7 Å². The summed E-state index contributed by atoms with van der Waals surface area (Å²) in [6.45, 7) is 2.08. The van der Waals surface area contributed by atoms with E-state index in [-0.39, 0.29) is 5.75 Å². The molecule has 0 atom stereocenters. The van der Waals surface area contributed by atoms with Crippen molar-refractivity contribution in [3.8, 4) is 39.5 Å². The highest BCUT2D eigenvalue weighted by molar-refractivity contribution is 6.00. The molecule has 0 radical (unpaired) electrons. The van der Waals surface area contributed by atoms with Crippen LogP contribution in [-0.2, 0) is 0 Å². The van der Waals surface area contributed by atoms with Crippen molar-refractivity contribution in [2.45, 2.75) is 6.92 Å². The number of phenolic OH excluding ortho intramolecular Hbond substituents is 1. The third kappa shape index (κ3) is 3.73. The summed E-state index contributed by atoms with van der Waals surface area (Å²) in [5.41, 5.74) is 9.16. The third-order valence-electron chi connectivity index (χ3n) is 6.28. The lowest BCUT2D eigenvalue weighted by Gasteiger charge is -2.15. The molecule has 0 bridgehead atoms. The van der Waals surface area contributed by atoms with Crippen LogP contribution < -0.4 is 4.90 Å². The predicted molar refractivity (Wildman–Crippen MR) is 141 cm³/mol. The number of phenols is 1. The third-order valence-corrected chi connectivity index (χ3v) is 6.28. The molecule has 0 fully saturated rings. The van der Waals surface area contributed by atoms with Crippen LogP contribution in [0.3, 0.4) is 0 Å². The first kappa shape index (κ1) is 21.8. The Labute approximate surface area is 206 Å². The minimum absolute atomic E-state index is 0.138. The van der Waals surface area contributed by atoms with Crippen molar-refractivity contribution in [2.75, 3.05) is 19.0 Å². The Bertz CT molecular complexity index is 1750. The number of rotatable bonds is 4. The normalized spacial score (nSPS) is 11.4. The first-order valence-electron chi connectivity index (χ1n) is 11.5. The lowest BCUT2D eigenvalue weighted by atomic mass is 10.0. The van der Waals surface area contributed by atoms with Crippen molar-refractivity contribution < 1.29 is 9.50 Å². The number of benzene rings is 2. The Balaban J connectivity index is 1.49. The molecule has 0 aliphatic heterocycles. The summed E-state index contributed by atoms with van der Waals surface area (Å²) < 4.78 is 14.0. The van der Waals surface area contributed by atoms with E-state index >= 15 is 0 Å². The van der Waals surface area contributed by atoms with Crippen LogP contribution in [0.15, 0.2) is 67.0 Å². The number of fused-ring (bicyclic) bond motifs is 2. The summed E-state index contributed by atoms with van der Waals surface area (Å²) in [6, 6.07) is 16.3. The van der Waals surface area contributed by atoms with E-state index in [2.05, 4.69) is 50.2 Å². The zero-order valence-electron chi connectivity index (χ0n) is 20.0. The number of aryl methyl sites for hydroxylation is 1. The van der Waals surface area contributed by atoms with E-state index in [9.17, 15) is 9.50 Å². The summed E-state index contributed by atoms with van der Waals surface area (Å²) in [6.07, 6.45) is 3.37. The van der Waals surface area contributed by atoms with Gasteiger partial charge in [0.05, 0.1) is 28.6 Å². The van der Waals surface area contributed by atoms with Crippen molar-refractivity contribution in [3.63, 3.8) is 0 Å². The molecule has 6 rings (SSSR count). The molecule has 0 unspecified atom stereocenters. The molecule has 0 spiro atoms. The SMILES string of the molecule is Cc1cc(-c2ccc3[nH]nc(-c4cc5c(-c6cc(O)cc(F)c6)cncc5[nH]4)c3n2)cc(N(C)C)c1. The van der Waals surface area contributed by atoms with Crippen LogP contribution >= 0.6 is 0 Å². The minimum atomic E-state index is -0.513. The van der Waals surface area contributed by atoms with E-state index < -0.39 is 5.82 Å². The summed E-state index contributed by atoms with van der Waals surface area (Å²) in [4.78, 5) is 14.7. The Kier molecular flexibility index (Phi) is 4.96. The second-order valence-electron chi connectivity index (χ2n) is 9.15. The van der Waals surface area contributed by atoms with E-state index in [1.165, 1.54) is 12.1 Å². The largest absolute Gasteiger partial charge is 0.508 e. The maximum atomic E-state index is 14.0. The molecule has 7 nitrogen and oxygen atoms in total. The smallest absolute Gasteiger partial charge is 0.135 e. The van der Waals surface area contributed by atoms with Gasteiger partial charge in [-0.3, -0.25) is 10.1 Å². The second kappa shape index (κ2) is 8.20. The van der Waals surface area contributed by atoms with Gasteiger partial charge in [0.2, 0.25) is 0 Å². The number of pyridine rings is 2. The Morgan fingerprint density at radius 3 is 2.58 bits per heavy atom. The molecule has 0 saturated heterocycles. The first-order valence-corrected chi connectivity index (χ1v) is 11.5. The highest BCUT2D eigenvalue weighted by atomic mass is 19.1. The van der Waals surface area contributed by atoms with E-state index in [0.29, 0.717) is 16.8 Å². The van der Waals surface area contributed by atoms with Crippen LogP contribution in [0.5, 0.6) is 5.75 Å². The van der Waals surface area contributed by atoms with Crippen LogP contribution in [0.2, 0.25) is 0 Å². The highest BCUT2D eigenvalue weighted by Crippen LogP contribution is 2.35. The van der Waals surface area contributed by atoms with Crippen LogP contribution in [-0.4, -0.2) is 44.4 Å². The molecule has 4 heterocycles. The predicted octanol–water partition coefficient (Wildman–Crippen LogP) is 6.05. The zero-order valence-corrected chi connectivity index (χ0v) is 20.0. The van der Waals surface area contributed by atoms with Crippen LogP contribution in [0.25, 0.3) is 55.7 Å². The maximum absolute atomic E-state index is 14.0. The van der Waals surface area contributed by atoms with Crippen molar-refractivity contribution >= 4 is 27.6 Å². The zero-order chi connectivity index (χ0) is 25.0. The Morgan fingerprint density at radius 1 is 0.917 bits per heavy atom. The molecular weight excluding hydrogens is 455 g/mol. The summed E-state index contributed by atoms with van der Waals surface area (Å²) >= 11 is 0. The molecule has 0 aliphatic carbocycles. The van der Waals surface area contributed by atoms with E-state index in [1.807, 2.05) is 32.3 Å². The molecular formula is C28H23FN6O. The lowest BCUT2D eigenvalue weighted by molar-refractivity contribution is 0.469. The first-order chi connectivity index (χ1) is 17.4. The van der Waals surface area contributed by atoms with Gasteiger partial charge in [-0.2, -0.15) is 5.10 Å². The molecule has 0 saturated carbocycles. The molecule has 8 heteroatoms. The average Bonchev–Trinajstić information content (AvgIpc) is 3.46. The molecule has 6 aromatic rings. The highest BCUT2D eigenvalue weighted by Gasteiger charge is 2.16. The number of nitrogens with zero attached hydrogens (tertiary/aromatic N) is 4. The molecule has 178 valence electrons. The van der Waals surface area contributed by atoms with Gasteiger partial charge in [0, 0.05) is 48.6 Å². The fraction of sp³-hybridized carbons (Fsp3) is 0.107.